The molecule has 0 amide bonds. The van der Waals surface area contributed by atoms with Crippen molar-refractivity contribution in [1.29, 1.82) is 0 Å². The van der Waals surface area contributed by atoms with Crippen molar-refractivity contribution in [2.75, 3.05) is 13.7 Å². The Morgan fingerprint density at radius 2 is 1.56 bits per heavy atom. The highest BCUT2D eigenvalue weighted by Crippen LogP contribution is 2.24. The number of hydrogen-bond acceptors (Lipinski definition) is 2. The van der Waals surface area contributed by atoms with Crippen LogP contribution in [0.5, 0.6) is 0 Å². The Kier molecular flexibility index (Phi) is 11.1. The molecule has 0 bridgehead atoms. The Bertz CT molecular complexity index is 179. The predicted octanol–water partition coefficient (Wildman–Crippen LogP) is 5.13. The first-order chi connectivity index (χ1) is 8.67. The summed E-state index contributed by atoms with van der Waals surface area (Å²) in [6.07, 6.45) is 7.49. The molecule has 110 valence electrons. The summed E-state index contributed by atoms with van der Waals surface area (Å²) >= 11 is 0. The number of hydrogen-bond donors (Lipinski definition) is 0. The van der Waals surface area contributed by atoms with Gasteiger partial charge in [-0.1, -0.05) is 59.8 Å². The predicted molar refractivity (Wildman–Crippen MR) is 82.2 cm³/mol. The van der Waals surface area contributed by atoms with Crippen molar-refractivity contribution in [3.63, 3.8) is 0 Å². The van der Waals surface area contributed by atoms with Crippen LogP contribution in [0.4, 0.5) is 0 Å². The van der Waals surface area contributed by atoms with E-state index in [0.29, 0.717) is 0 Å². The molecule has 0 aromatic heterocycles. The molecule has 0 rings (SSSR count). The van der Waals surface area contributed by atoms with Crippen LogP contribution in [0.1, 0.15) is 66.2 Å². The van der Waals surface area contributed by atoms with Crippen molar-refractivity contribution in [3.8, 4) is 0 Å². The molecule has 0 heterocycles. The maximum absolute atomic E-state index is 6.33. The molecular weight excluding hydrogens is 240 g/mol. The third kappa shape index (κ3) is 6.91. The van der Waals surface area contributed by atoms with Crippen LogP contribution in [0.2, 0.25) is 12.1 Å². The van der Waals surface area contributed by atoms with Crippen molar-refractivity contribution in [1.82, 2.24) is 0 Å². The summed E-state index contributed by atoms with van der Waals surface area (Å²) in [6, 6.07) is 2.28. The third-order valence-corrected chi connectivity index (χ3v) is 7.72. The molecular formula is C15H34O2Si. The van der Waals surface area contributed by atoms with E-state index in [4.69, 9.17) is 8.85 Å². The van der Waals surface area contributed by atoms with Gasteiger partial charge in [0.1, 0.15) is 0 Å². The zero-order valence-electron chi connectivity index (χ0n) is 13.3. The first-order valence-corrected chi connectivity index (χ1v) is 10.1. The Morgan fingerprint density at radius 1 is 0.944 bits per heavy atom. The fraction of sp³-hybridized carbons (Fsp3) is 1.00. The first kappa shape index (κ1) is 18.1. The molecule has 18 heavy (non-hydrogen) atoms. The summed E-state index contributed by atoms with van der Waals surface area (Å²) in [5, 5.41) is 0. The summed E-state index contributed by atoms with van der Waals surface area (Å²) in [5.74, 6) is 0.723. The van der Waals surface area contributed by atoms with Crippen molar-refractivity contribution in [2.24, 2.45) is 5.92 Å². The molecule has 0 aromatic rings. The van der Waals surface area contributed by atoms with Crippen molar-refractivity contribution >= 4 is 8.56 Å². The van der Waals surface area contributed by atoms with Gasteiger partial charge in [0, 0.05) is 13.7 Å². The maximum Gasteiger partial charge on any atom is 0.337 e. The molecule has 2 nitrogen and oxygen atoms in total. The standard InChI is InChI=1S/C15H34O2Si/c1-6-10-11-15(9-4)14-17-18(16-5,12-7-2)13-8-3/h15H,6-14H2,1-5H3. The SMILES string of the molecule is CCCCC(CC)CO[Si](CCC)(CCC)OC. The van der Waals surface area contributed by atoms with Crippen LogP contribution >= 0.6 is 0 Å². The van der Waals surface area contributed by atoms with E-state index in [2.05, 4.69) is 27.7 Å². The Morgan fingerprint density at radius 3 is 1.94 bits per heavy atom. The molecule has 0 aromatic carbocycles. The van der Waals surface area contributed by atoms with Gasteiger partial charge >= 0.3 is 8.56 Å². The molecule has 1 unspecified atom stereocenters. The van der Waals surface area contributed by atoms with Crippen LogP contribution in [-0.2, 0) is 8.85 Å². The van der Waals surface area contributed by atoms with E-state index in [1.165, 1.54) is 38.5 Å². The van der Waals surface area contributed by atoms with Gasteiger partial charge in [-0.25, -0.2) is 0 Å². The molecule has 0 aliphatic rings. The van der Waals surface area contributed by atoms with Crippen LogP contribution in [0.25, 0.3) is 0 Å². The Balaban J connectivity index is 4.28. The lowest BCUT2D eigenvalue weighted by Crippen LogP contribution is -2.42. The molecule has 0 spiro atoms. The van der Waals surface area contributed by atoms with Gasteiger partial charge in [0.25, 0.3) is 0 Å². The summed E-state index contributed by atoms with van der Waals surface area (Å²) in [5.41, 5.74) is 0. The zero-order valence-corrected chi connectivity index (χ0v) is 14.3. The summed E-state index contributed by atoms with van der Waals surface area (Å²) in [6.45, 7) is 9.91. The molecule has 1 atom stereocenters. The molecule has 3 heteroatoms. The minimum absolute atomic E-state index is 0.723. The zero-order chi connectivity index (χ0) is 13.9. The van der Waals surface area contributed by atoms with E-state index in [1.54, 1.807) is 0 Å². The Labute approximate surface area is 116 Å². The molecule has 0 aliphatic heterocycles. The second kappa shape index (κ2) is 11.0. The molecule has 0 N–H and O–H groups in total. The molecule has 0 radical (unpaired) electrons. The van der Waals surface area contributed by atoms with Crippen LogP contribution in [0.3, 0.4) is 0 Å². The average molecular weight is 275 g/mol. The van der Waals surface area contributed by atoms with Crippen LogP contribution in [-0.4, -0.2) is 22.3 Å². The summed E-state index contributed by atoms with van der Waals surface area (Å²) in [4.78, 5) is 0. The molecule has 0 fully saturated rings. The van der Waals surface area contributed by atoms with Gasteiger partial charge in [0.2, 0.25) is 0 Å². The molecule has 0 aliphatic carbocycles. The van der Waals surface area contributed by atoms with Gasteiger partial charge in [0.15, 0.2) is 0 Å². The fourth-order valence-corrected chi connectivity index (χ4v) is 5.59. The topological polar surface area (TPSA) is 18.5 Å². The van der Waals surface area contributed by atoms with Gasteiger partial charge in [-0.05, 0) is 24.4 Å². The van der Waals surface area contributed by atoms with Gasteiger partial charge in [-0.3, -0.25) is 0 Å². The van der Waals surface area contributed by atoms with Crippen molar-refractivity contribution < 1.29 is 8.85 Å². The lowest BCUT2D eigenvalue weighted by atomic mass is 10.0. The first-order valence-electron chi connectivity index (χ1n) is 7.87. The van der Waals surface area contributed by atoms with Gasteiger partial charge in [0.05, 0.1) is 0 Å². The second-order valence-corrected chi connectivity index (χ2v) is 8.86. The van der Waals surface area contributed by atoms with E-state index in [9.17, 15) is 0 Å². The van der Waals surface area contributed by atoms with Crippen LogP contribution in [0.15, 0.2) is 0 Å². The van der Waals surface area contributed by atoms with Crippen LogP contribution in [0, 0.1) is 5.92 Å². The second-order valence-electron chi connectivity index (χ2n) is 5.34. The largest absolute Gasteiger partial charge is 0.398 e. The summed E-state index contributed by atoms with van der Waals surface area (Å²) < 4.78 is 12.2. The highest BCUT2D eigenvalue weighted by molar-refractivity contribution is 6.67. The average Bonchev–Trinajstić information content (AvgIpc) is 2.39. The van der Waals surface area contributed by atoms with E-state index in [1.807, 2.05) is 7.11 Å². The highest BCUT2D eigenvalue weighted by atomic mass is 28.4. The van der Waals surface area contributed by atoms with Gasteiger partial charge in [-0.2, -0.15) is 0 Å². The normalized spacial score (nSPS) is 13.8. The monoisotopic (exact) mass is 274 g/mol. The van der Waals surface area contributed by atoms with Crippen LogP contribution < -0.4 is 0 Å². The van der Waals surface area contributed by atoms with Crippen molar-refractivity contribution in [3.05, 3.63) is 0 Å². The maximum atomic E-state index is 6.33. The summed E-state index contributed by atoms with van der Waals surface area (Å²) in [7, 11) is -0.0360. The van der Waals surface area contributed by atoms with E-state index in [0.717, 1.165) is 24.6 Å². The van der Waals surface area contributed by atoms with E-state index < -0.39 is 8.56 Å². The quantitative estimate of drug-likeness (QED) is 0.459. The van der Waals surface area contributed by atoms with Gasteiger partial charge < -0.3 is 8.85 Å². The third-order valence-electron chi connectivity index (χ3n) is 3.76. The smallest absolute Gasteiger partial charge is 0.337 e. The highest BCUT2D eigenvalue weighted by Gasteiger charge is 2.35. The fourth-order valence-electron chi connectivity index (χ4n) is 2.46. The molecule has 0 saturated carbocycles. The lowest BCUT2D eigenvalue weighted by Gasteiger charge is -2.30. The van der Waals surface area contributed by atoms with E-state index in [-0.39, 0.29) is 0 Å². The number of rotatable bonds is 12. The van der Waals surface area contributed by atoms with Gasteiger partial charge in [-0.15, -0.1) is 0 Å². The molecule has 0 saturated heterocycles. The lowest BCUT2D eigenvalue weighted by molar-refractivity contribution is 0.157. The van der Waals surface area contributed by atoms with Crippen molar-refractivity contribution in [2.45, 2.75) is 78.3 Å². The Hall–Kier alpha value is 0.137. The minimum Gasteiger partial charge on any atom is -0.398 e. The number of unbranched alkanes of at least 4 members (excludes halogenated alkanes) is 1. The minimum atomic E-state index is -1.89. The van der Waals surface area contributed by atoms with E-state index >= 15 is 0 Å².